The van der Waals surface area contributed by atoms with Gasteiger partial charge in [0.2, 0.25) is 21.8 Å². The molecule has 0 bridgehead atoms. The summed E-state index contributed by atoms with van der Waals surface area (Å²) in [5.41, 5.74) is 1.21. The van der Waals surface area contributed by atoms with E-state index in [1.54, 1.807) is 13.8 Å². The molecule has 0 radical (unpaired) electrons. The molecule has 2 rings (SSSR count). The molecule has 2 aromatic rings. The minimum atomic E-state index is -3.82. The van der Waals surface area contributed by atoms with Gasteiger partial charge in [-0.15, -0.1) is 0 Å². The van der Waals surface area contributed by atoms with Gasteiger partial charge in [-0.1, -0.05) is 53.5 Å². The third-order valence-electron chi connectivity index (χ3n) is 4.87. The highest BCUT2D eigenvalue weighted by molar-refractivity contribution is 7.92. The normalized spacial score (nSPS) is 12.2. The number of likely N-dealkylation sites (N-methyl/N-ethyl adjacent to an activating group) is 1. The zero-order valence-electron chi connectivity index (χ0n) is 18.2. The van der Waals surface area contributed by atoms with Crippen molar-refractivity contribution >= 4 is 50.7 Å². The molecule has 0 saturated heterocycles. The van der Waals surface area contributed by atoms with E-state index in [-0.39, 0.29) is 28.2 Å². The van der Waals surface area contributed by atoms with E-state index in [4.69, 9.17) is 23.2 Å². The molecule has 174 valence electrons. The van der Waals surface area contributed by atoms with Crippen molar-refractivity contribution in [2.24, 2.45) is 0 Å². The summed E-state index contributed by atoms with van der Waals surface area (Å²) < 4.78 is 25.9. The molecule has 0 saturated carbocycles. The van der Waals surface area contributed by atoms with Gasteiger partial charge in [0.1, 0.15) is 12.6 Å². The summed E-state index contributed by atoms with van der Waals surface area (Å²) in [6, 6.07) is 13.1. The SMILES string of the molecule is CCNC(=O)C(C)N(CCc1ccccc1)C(=O)CN(c1ccc(Cl)c(Cl)c1)S(C)(=O)=O. The van der Waals surface area contributed by atoms with Crippen molar-refractivity contribution < 1.29 is 18.0 Å². The molecular weight excluding hydrogens is 473 g/mol. The Labute approximate surface area is 199 Å². The van der Waals surface area contributed by atoms with Crippen molar-refractivity contribution in [3.63, 3.8) is 0 Å². The first-order valence-electron chi connectivity index (χ1n) is 10.1. The molecule has 0 aliphatic carbocycles. The number of carbonyl (C=O) groups excluding carboxylic acids is 2. The predicted octanol–water partition coefficient (Wildman–Crippen LogP) is 3.36. The molecule has 1 N–H and O–H groups in total. The molecule has 0 aliphatic heterocycles. The molecule has 0 heterocycles. The Balaban J connectivity index is 2.31. The third-order valence-corrected chi connectivity index (χ3v) is 6.75. The molecule has 1 unspecified atom stereocenters. The van der Waals surface area contributed by atoms with Crippen LogP contribution in [0.1, 0.15) is 19.4 Å². The lowest BCUT2D eigenvalue weighted by Gasteiger charge is -2.31. The average Bonchev–Trinajstić information content (AvgIpc) is 2.74. The van der Waals surface area contributed by atoms with E-state index in [0.717, 1.165) is 16.1 Å². The second-order valence-corrected chi connectivity index (χ2v) is 9.98. The van der Waals surface area contributed by atoms with Crippen LogP contribution in [0.25, 0.3) is 0 Å². The lowest BCUT2D eigenvalue weighted by Crippen LogP contribution is -2.52. The van der Waals surface area contributed by atoms with E-state index in [9.17, 15) is 18.0 Å². The monoisotopic (exact) mass is 499 g/mol. The lowest BCUT2D eigenvalue weighted by atomic mass is 10.1. The molecule has 10 heteroatoms. The number of carbonyl (C=O) groups is 2. The summed E-state index contributed by atoms with van der Waals surface area (Å²) >= 11 is 12.0. The van der Waals surface area contributed by atoms with Crippen molar-refractivity contribution in [3.05, 3.63) is 64.1 Å². The van der Waals surface area contributed by atoms with Crippen molar-refractivity contribution in [1.29, 1.82) is 0 Å². The van der Waals surface area contributed by atoms with Crippen LogP contribution in [0.15, 0.2) is 48.5 Å². The number of amides is 2. The Morgan fingerprint density at radius 2 is 1.72 bits per heavy atom. The van der Waals surface area contributed by atoms with Gasteiger partial charge in [0.25, 0.3) is 0 Å². The fourth-order valence-corrected chi connectivity index (χ4v) is 4.28. The van der Waals surface area contributed by atoms with Crippen LogP contribution in [0.4, 0.5) is 5.69 Å². The number of hydrogen-bond donors (Lipinski definition) is 1. The van der Waals surface area contributed by atoms with Gasteiger partial charge >= 0.3 is 0 Å². The van der Waals surface area contributed by atoms with Gasteiger partial charge in [-0.2, -0.15) is 0 Å². The third kappa shape index (κ3) is 7.12. The number of benzene rings is 2. The molecule has 32 heavy (non-hydrogen) atoms. The number of nitrogens with zero attached hydrogens (tertiary/aromatic N) is 2. The Morgan fingerprint density at radius 3 is 2.28 bits per heavy atom. The topological polar surface area (TPSA) is 86.8 Å². The van der Waals surface area contributed by atoms with E-state index in [1.807, 2.05) is 30.3 Å². The Morgan fingerprint density at radius 1 is 1.06 bits per heavy atom. The second kappa shape index (κ2) is 11.5. The van der Waals surface area contributed by atoms with Gasteiger partial charge in [-0.3, -0.25) is 13.9 Å². The second-order valence-electron chi connectivity index (χ2n) is 7.26. The maximum absolute atomic E-state index is 13.3. The fraction of sp³-hybridized carbons (Fsp3) is 0.364. The quantitative estimate of drug-likeness (QED) is 0.542. The zero-order chi connectivity index (χ0) is 23.9. The molecule has 0 aromatic heterocycles. The van der Waals surface area contributed by atoms with Crippen molar-refractivity contribution in [2.75, 3.05) is 30.2 Å². The highest BCUT2D eigenvalue weighted by atomic mass is 35.5. The Bertz CT molecular complexity index is 1050. The van der Waals surface area contributed by atoms with Crippen molar-refractivity contribution in [3.8, 4) is 0 Å². The van der Waals surface area contributed by atoms with E-state index in [0.29, 0.717) is 13.0 Å². The van der Waals surface area contributed by atoms with Gasteiger partial charge in [-0.05, 0) is 44.0 Å². The minimum Gasteiger partial charge on any atom is -0.355 e. The smallest absolute Gasteiger partial charge is 0.244 e. The van der Waals surface area contributed by atoms with Crippen LogP contribution < -0.4 is 9.62 Å². The number of rotatable bonds is 10. The van der Waals surface area contributed by atoms with E-state index < -0.39 is 28.5 Å². The van der Waals surface area contributed by atoms with Crippen LogP contribution in [0.2, 0.25) is 10.0 Å². The number of nitrogens with one attached hydrogen (secondary N) is 1. The van der Waals surface area contributed by atoms with Crippen LogP contribution in [-0.4, -0.2) is 57.1 Å². The Kier molecular flexibility index (Phi) is 9.36. The van der Waals surface area contributed by atoms with E-state index in [2.05, 4.69) is 5.32 Å². The summed E-state index contributed by atoms with van der Waals surface area (Å²) in [5, 5.41) is 3.15. The van der Waals surface area contributed by atoms with E-state index in [1.165, 1.54) is 23.1 Å². The maximum Gasteiger partial charge on any atom is 0.244 e. The fourth-order valence-electron chi connectivity index (χ4n) is 3.15. The molecule has 2 aromatic carbocycles. The van der Waals surface area contributed by atoms with E-state index >= 15 is 0 Å². The maximum atomic E-state index is 13.3. The van der Waals surface area contributed by atoms with Crippen LogP contribution >= 0.6 is 23.2 Å². The van der Waals surface area contributed by atoms with Crippen LogP contribution in [0, 0.1) is 0 Å². The van der Waals surface area contributed by atoms with Crippen LogP contribution in [-0.2, 0) is 26.0 Å². The predicted molar refractivity (Wildman–Crippen MR) is 129 cm³/mol. The largest absolute Gasteiger partial charge is 0.355 e. The molecule has 0 fully saturated rings. The highest BCUT2D eigenvalue weighted by Gasteiger charge is 2.29. The molecular formula is C22H27Cl2N3O4S. The number of anilines is 1. The summed E-state index contributed by atoms with van der Waals surface area (Å²) in [6.45, 7) is 3.60. The van der Waals surface area contributed by atoms with Gasteiger partial charge < -0.3 is 10.2 Å². The molecule has 0 spiro atoms. The molecule has 2 amide bonds. The van der Waals surface area contributed by atoms with Crippen LogP contribution in [0.5, 0.6) is 0 Å². The zero-order valence-corrected chi connectivity index (χ0v) is 20.5. The summed E-state index contributed by atoms with van der Waals surface area (Å²) in [5.74, 6) is -0.814. The Hall–Kier alpha value is -2.29. The average molecular weight is 500 g/mol. The van der Waals surface area contributed by atoms with Crippen LogP contribution in [0.3, 0.4) is 0 Å². The first kappa shape index (κ1) is 26.0. The van der Waals surface area contributed by atoms with Gasteiger partial charge in [0.05, 0.1) is 22.0 Å². The lowest BCUT2D eigenvalue weighted by molar-refractivity contribution is -0.138. The van der Waals surface area contributed by atoms with Crippen molar-refractivity contribution in [2.45, 2.75) is 26.3 Å². The number of hydrogen-bond acceptors (Lipinski definition) is 4. The standard InChI is InChI=1S/C22H27Cl2N3O4S/c1-4-25-22(29)16(2)26(13-12-17-8-6-5-7-9-17)21(28)15-27(32(3,30)31)18-10-11-19(23)20(24)14-18/h5-11,14,16H,4,12-13,15H2,1-3H3,(H,25,29). The minimum absolute atomic E-state index is 0.168. The van der Waals surface area contributed by atoms with Gasteiger partial charge in [0, 0.05) is 13.1 Å². The summed E-state index contributed by atoms with van der Waals surface area (Å²) in [7, 11) is -3.82. The number of sulfonamides is 1. The molecule has 1 atom stereocenters. The van der Waals surface area contributed by atoms with Gasteiger partial charge in [0.15, 0.2) is 0 Å². The molecule has 0 aliphatic rings. The van der Waals surface area contributed by atoms with Crippen molar-refractivity contribution in [1.82, 2.24) is 10.2 Å². The summed E-state index contributed by atoms with van der Waals surface area (Å²) in [4.78, 5) is 27.1. The first-order valence-corrected chi connectivity index (χ1v) is 12.7. The highest BCUT2D eigenvalue weighted by Crippen LogP contribution is 2.28. The summed E-state index contributed by atoms with van der Waals surface area (Å²) in [6.07, 6.45) is 1.52. The van der Waals surface area contributed by atoms with Gasteiger partial charge in [-0.25, -0.2) is 8.42 Å². The first-order chi connectivity index (χ1) is 15.0. The number of halogens is 2. The molecule has 7 nitrogen and oxygen atoms in total.